The van der Waals surface area contributed by atoms with Crippen LogP contribution in [0.5, 0.6) is 17.2 Å². The zero-order chi connectivity index (χ0) is 15.2. The smallest absolute Gasteiger partial charge is 0.131 e. The highest BCUT2D eigenvalue weighted by atomic mass is 127. The Hall–Kier alpha value is -1.63. The molecule has 0 radical (unpaired) electrons. The number of methoxy groups -OCH3 is 3. The fourth-order valence-corrected chi connectivity index (χ4v) is 2.62. The molecule has 5 heteroatoms. The third-order valence-corrected chi connectivity index (χ3v) is 4.09. The number of anilines is 1. The van der Waals surface area contributed by atoms with E-state index < -0.39 is 0 Å². The molecule has 1 N–H and O–H groups in total. The van der Waals surface area contributed by atoms with E-state index in [0.717, 1.165) is 22.7 Å². The molecule has 2 aromatic carbocycles. The number of halogens is 1. The molecule has 0 fully saturated rings. The van der Waals surface area contributed by atoms with E-state index in [9.17, 15) is 0 Å². The lowest BCUT2D eigenvalue weighted by atomic mass is 10.1. The largest absolute Gasteiger partial charge is 0.496 e. The number of ether oxygens (including phenoxy) is 3. The van der Waals surface area contributed by atoms with Gasteiger partial charge in [-0.1, -0.05) is 12.1 Å². The molecule has 2 aromatic rings. The summed E-state index contributed by atoms with van der Waals surface area (Å²) in [7, 11) is 4.91. The van der Waals surface area contributed by atoms with Crippen LogP contribution in [0.1, 0.15) is 5.56 Å². The van der Waals surface area contributed by atoms with Crippen molar-refractivity contribution < 1.29 is 14.2 Å². The van der Waals surface area contributed by atoms with E-state index in [-0.39, 0.29) is 0 Å². The summed E-state index contributed by atoms with van der Waals surface area (Å²) < 4.78 is 17.3. The van der Waals surface area contributed by atoms with Gasteiger partial charge in [0.2, 0.25) is 0 Å². The molecule has 0 amide bonds. The van der Waals surface area contributed by atoms with Gasteiger partial charge in [0.05, 0.1) is 26.9 Å². The van der Waals surface area contributed by atoms with Gasteiger partial charge in [0.25, 0.3) is 0 Å². The van der Waals surface area contributed by atoms with Gasteiger partial charge in [0, 0.05) is 27.9 Å². The fraction of sp³-hybridized carbons (Fsp3) is 0.250. The molecule has 0 bridgehead atoms. The summed E-state index contributed by atoms with van der Waals surface area (Å²) in [6.45, 7) is 0.607. The molecule has 0 saturated heterocycles. The van der Waals surface area contributed by atoms with Crippen molar-refractivity contribution in [2.24, 2.45) is 0 Å². The minimum Gasteiger partial charge on any atom is -0.496 e. The van der Waals surface area contributed by atoms with E-state index in [1.807, 2.05) is 30.3 Å². The minimum atomic E-state index is 0.607. The molecule has 0 atom stereocenters. The van der Waals surface area contributed by atoms with Crippen LogP contribution in [-0.2, 0) is 6.54 Å². The summed E-state index contributed by atoms with van der Waals surface area (Å²) in [6, 6.07) is 11.8. The molecule has 2 rings (SSSR count). The molecule has 0 aromatic heterocycles. The summed E-state index contributed by atoms with van der Waals surface area (Å²) in [5.41, 5.74) is 2.04. The van der Waals surface area contributed by atoms with Crippen molar-refractivity contribution in [2.45, 2.75) is 6.54 Å². The number of rotatable bonds is 6. The average Bonchev–Trinajstić information content (AvgIpc) is 2.53. The molecule has 4 nitrogen and oxygen atoms in total. The summed E-state index contributed by atoms with van der Waals surface area (Å²) >= 11 is 2.31. The van der Waals surface area contributed by atoms with Crippen LogP contribution in [0, 0.1) is 3.57 Å². The van der Waals surface area contributed by atoms with E-state index in [0.29, 0.717) is 12.3 Å². The maximum atomic E-state index is 5.45. The standard InChI is InChI=1S/C16H18INO3/c1-19-11-8-15(20-2)12(16(9-11)21-3)10-18-14-7-5-4-6-13(14)17/h4-9,18H,10H2,1-3H3. The third-order valence-electron chi connectivity index (χ3n) is 3.15. The summed E-state index contributed by atoms with van der Waals surface area (Å²) in [6.07, 6.45) is 0. The first-order valence-corrected chi connectivity index (χ1v) is 7.54. The van der Waals surface area contributed by atoms with Gasteiger partial charge >= 0.3 is 0 Å². The zero-order valence-electron chi connectivity index (χ0n) is 12.3. The molecular formula is C16H18INO3. The maximum absolute atomic E-state index is 5.45. The van der Waals surface area contributed by atoms with Gasteiger partial charge in [-0.3, -0.25) is 0 Å². The van der Waals surface area contributed by atoms with Gasteiger partial charge < -0.3 is 19.5 Å². The molecule has 0 spiro atoms. The number of nitrogens with one attached hydrogen (secondary N) is 1. The lowest BCUT2D eigenvalue weighted by molar-refractivity contribution is 0.369. The molecule has 0 aliphatic carbocycles. The van der Waals surface area contributed by atoms with Gasteiger partial charge in [0.15, 0.2) is 0 Å². The molecule has 0 aliphatic heterocycles. The number of hydrogen-bond acceptors (Lipinski definition) is 4. The van der Waals surface area contributed by atoms with Gasteiger partial charge in [-0.15, -0.1) is 0 Å². The Morgan fingerprint density at radius 3 is 2.10 bits per heavy atom. The van der Waals surface area contributed by atoms with E-state index in [4.69, 9.17) is 14.2 Å². The van der Waals surface area contributed by atoms with Crippen molar-refractivity contribution in [3.05, 3.63) is 45.5 Å². The molecule has 112 valence electrons. The predicted molar refractivity (Wildman–Crippen MR) is 92.6 cm³/mol. The molecule has 21 heavy (non-hydrogen) atoms. The van der Waals surface area contributed by atoms with E-state index in [1.54, 1.807) is 21.3 Å². The molecule has 0 saturated carbocycles. The molecular weight excluding hydrogens is 381 g/mol. The van der Waals surface area contributed by atoms with Crippen LogP contribution in [0.25, 0.3) is 0 Å². The van der Waals surface area contributed by atoms with Gasteiger partial charge in [0.1, 0.15) is 17.2 Å². The Morgan fingerprint density at radius 1 is 0.952 bits per heavy atom. The third kappa shape index (κ3) is 3.72. The van der Waals surface area contributed by atoms with Crippen LogP contribution in [0.3, 0.4) is 0 Å². The van der Waals surface area contributed by atoms with Crippen molar-refractivity contribution >= 4 is 28.3 Å². The molecule has 0 unspecified atom stereocenters. The predicted octanol–water partition coefficient (Wildman–Crippen LogP) is 3.93. The topological polar surface area (TPSA) is 39.7 Å². The lowest BCUT2D eigenvalue weighted by Gasteiger charge is -2.16. The summed E-state index contributed by atoms with van der Waals surface area (Å²) in [5, 5.41) is 3.41. The second-order valence-electron chi connectivity index (χ2n) is 4.34. The summed E-state index contributed by atoms with van der Waals surface area (Å²) in [5.74, 6) is 2.19. The molecule has 0 heterocycles. The monoisotopic (exact) mass is 399 g/mol. The van der Waals surface area contributed by atoms with Crippen LogP contribution < -0.4 is 19.5 Å². The van der Waals surface area contributed by atoms with Crippen molar-refractivity contribution in [3.63, 3.8) is 0 Å². The number of para-hydroxylation sites is 1. The second kappa shape index (κ2) is 7.40. The van der Waals surface area contributed by atoms with Crippen LogP contribution in [0.15, 0.2) is 36.4 Å². The van der Waals surface area contributed by atoms with Crippen molar-refractivity contribution in [2.75, 3.05) is 26.6 Å². The van der Waals surface area contributed by atoms with Crippen LogP contribution in [0.4, 0.5) is 5.69 Å². The SMILES string of the molecule is COc1cc(OC)c(CNc2ccccc2I)c(OC)c1. The normalized spacial score (nSPS) is 10.1. The zero-order valence-corrected chi connectivity index (χ0v) is 14.4. The Balaban J connectivity index is 2.28. The van der Waals surface area contributed by atoms with Gasteiger partial charge in [-0.05, 0) is 34.7 Å². The molecule has 0 aliphatic rings. The van der Waals surface area contributed by atoms with E-state index in [2.05, 4.69) is 34.0 Å². The quantitative estimate of drug-likeness (QED) is 0.748. The van der Waals surface area contributed by atoms with E-state index in [1.165, 1.54) is 3.57 Å². The first-order valence-electron chi connectivity index (χ1n) is 6.47. The van der Waals surface area contributed by atoms with Crippen LogP contribution in [0.2, 0.25) is 0 Å². The highest BCUT2D eigenvalue weighted by molar-refractivity contribution is 14.1. The Bertz CT molecular complexity index is 591. The van der Waals surface area contributed by atoms with Crippen LogP contribution >= 0.6 is 22.6 Å². The van der Waals surface area contributed by atoms with Gasteiger partial charge in [-0.2, -0.15) is 0 Å². The number of hydrogen-bond donors (Lipinski definition) is 1. The second-order valence-corrected chi connectivity index (χ2v) is 5.51. The maximum Gasteiger partial charge on any atom is 0.131 e. The minimum absolute atomic E-state index is 0.607. The lowest BCUT2D eigenvalue weighted by Crippen LogP contribution is -2.05. The Labute approximate surface area is 138 Å². The number of benzene rings is 2. The Kier molecular flexibility index (Phi) is 5.55. The van der Waals surface area contributed by atoms with Crippen molar-refractivity contribution in [1.82, 2.24) is 0 Å². The fourth-order valence-electron chi connectivity index (χ4n) is 2.04. The average molecular weight is 399 g/mol. The van der Waals surface area contributed by atoms with Crippen LogP contribution in [-0.4, -0.2) is 21.3 Å². The van der Waals surface area contributed by atoms with Crippen molar-refractivity contribution in [1.29, 1.82) is 0 Å². The first-order chi connectivity index (χ1) is 10.2. The van der Waals surface area contributed by atoms with Crippen molar-refractivity contribution in [3.8, 4) is 17.2 Å². The Morgan fingerprint density at radius 2 is 1.57 bits per heavy atom. The van der Waals surface area contributed by atoms with E-state index >= 15 is 0 Å². The summed E-state index contributed by atoms with van der Waals surface area (Å²) in [4.78, 5) is 0. The first kappa shape index (κ1) is 15.8. The highest BCUT2D eigenvalue weighted by Crippen LogP contribution is 2.34. The highest BCUT2D eigenvalue weighted by Gasteiger charge is 2.13. The van der Waals surface area contributed by atoms with Gasteiger partial charge in [-0.25, -0.2) is 0 Å².